The third-order valence-electron chi connectivity index (χ3n) is 2.70. The number of sulfone groups is 1. The Bertz CT molecular complexity index is 236. The lowest BCUT2D eigenvalue weighted by molar-refractivity contribution is 0.160. The molecule has 0 radical (unpaired) electrons. The van der Waals surface area contributed by atoms with E-state index in [1.165, 1.54) is 12.7 Å². The molecule has 0 bridgehead atoms. The largest absolute Gasteiger partial charge is 0.229 e. The van der Waals surface area contributed by atoms with E-state index in [-0.39, 0.29) is 5.41 Å². The highest BCUT2D eigenvalue weighted by Crippen LogP contribution is 2.44. The van der Waals surface area contributed by atoms with E-state index >= 15 is 0 Å². The average molecular weight is 211 g/mol. The van der Waals surface area contributed by atoms with Crippen molar-refractivity contribution >= 4 is 21.4 Å². The summed E-state index contributed by atoms with van der Waals surface area (Å²) < 4.78 is 21.8. The fraction of sp³-hybridized carbons (Fsp3) is 1.00. The van der Waals surface area contributed by atoms with Gasteiger partial charge >= 0.3 is 0 Å². The smallest absolute Gasteiger partial charge is 0.147 e. The molecule has 0 amide bonds. The van der Waals surface area contributed by atoms with E-state index in [2.05, 4.69) is 0 Å². The molecular weight excluding hydrogens is 196 g/mol. The van der Waals surface area contributed by atoms with Gasteiger partial charge in [0, 0.05) is 12.1 Å². The van der Waals surface area contributed by atoms with Crippen molar-refractivity contribution < 1.29 is 8.42 Å². The van der Waals surface area contributed by atoms with Crippen molar-refractivity contribution in [3.8, 4) is 0 Å². The minimum Gasteiger partial charge on any atom is -0.229 e. The number of hydrogen-bond acceptors (Lipinski definition) is 2. The summed E-state index contributed by atoms with van der Waals surface area (Å²) in [6.45, 7) is 0. The summed E-state index contributed by atoms with van der Waals surface area (Å²) in [5.74, 6) is 0.905. The van der Waals surface area contributed by atoms with Crippen molar-refractivity contribution in [1.29, 1.82) is 0 Å². The Balaban J connectivity index is 2.40. The molecule has 0 spiro atoms. The molecule has 0 aromatic heterocycles. The summed E-state index contributed by atoms with van der Waals surface area (Å²) in [6.07, 6.45) is 5.44. The maximum Gasteiger partial charge on any atom is 0.147 e. The molecule has 4 heteroatoms. The highest BCUT2D eigenvalue weighted by atomic mass is 35.5. The van der Waals surface area contributed by atoms with Crippen LogP contribution < -0.4 is 0 Å². The second-order valence-electron chi connectivity index (χ2n) is 3.87. The van der Waals surface area contributed by atoms with E-state index in [0.29, 0.717) is 11.6 Å². The lowest BCUT2D eigenvalue weighted by Gasteiger charge is -2.40. The normalized spacial score (nSPS) is 21.8. The van der Waals surface area contributed by atoms with Crippen molar-refractivity contribution in [1.82, 2.24) is 0 Å². The molecule has 0 unspecified atom stereocenters. The first-order chi connectivity index (χ1) is 5.47. The van der Waals surface area contributed by atoms with Gasteiger partial charge in [-0.25, -0.2) is 8.42 Å². The zero-order valence-electron chi connectivity index (χ0n) is 7.35. The van der Waals surface area contributed by atoms with Gasteiger partial charge in [-0.15, -0.1) is 11.6 Å². The molecule has 2 nitrogen and oxygen atoms in total. The molecule has 0 atom stereocenters. The highest BCUT2D eigenvalue weighted by Gasteiger charge is 2.36. The first-order valence-electron chi connectivity index (χ1n) is 4.21. The molecule has 72 valence electrons. The molecule has 0 heterocycles. The number of alkyl halides is 1. The Labute approximate surface area is 79.2 Å². The van der Waals surface area contributed by atoms with Gasteiger partial charge in [0.1, 0.15) is 9.84 Å². The molecule has 12 heavy (non-hydrogen) atoms. The van der Waals surface area contributed by atoms with E-state index in [1.54, 1.807) is 0 Å². The fourth-order valence-electron chi connectivity index (χ4n) is 1.53. The Morgan fingerprint density at radius 1 is 1.42 bits per heavy atom. The third-order valence-corrected chi connectivity index (χ3v) is 4.21. The predicted octanol–water partition coefficient (Wildman–Crippen LogP) is 1.83. The summed E-state index contributed by atoms with van der Waals surface area (Å²) in [5.41, 5.74) is 0.157. The monoisotopic (exact) mass is 210 g/mol. The standard InChI is InChI=1S/C8H15ClO2S/c1-12(10,11)6-5-8(7-9)3-2-4-8/h2-7H2,1H3. The van der Waals surface area contributed by atoms with Crippen LogP contribution in [0.1, 0.15) is 25.7 Å². The minimum absolute atomic E-state index is 0.157. The predicted molar refractivity (Wildman–Crippen MR) is 51.3 cm³/mol. The van der Waals surface area contributed by atoms with Crippen LogP contribution in [0.25, 0.3) is 0 Å². The van der Waals surface area contributed by atoms with Crippen molar-refractivity contribution in [2.24, 2.45) is 5.41 Å². The third kappa shape index (κ3) is 2.63. The topological polar surface area (TPSA) is 34.1 Å². The van der Waals surface area contributed by atoms with Gasteiger partial charge in [0.25, 0.3) is 0 Å². The Hall–Kier alpha value is 0.240. The second-order valence-corrected chi connectivity index (χ2v) is 6.39. The van der Waals surface area contributed by atoms with E-state index < -0.39 is 9.84 Å². The lowest BCUT2D eigenvalue weighted by Crippen LogP contribution is -2.33. The van der Waals surface area contributed by atoms with Gasteiger partial charge in [-0.05, 0) is 24.7 Å². The van der Waals surface area contributed by atoms with Crippen LogP contribution in [0, 0.1) is 5.41 Å². The van der Waals surface area contributed by atoms with E-state index in [9.17, 15) is 8.42 Å². The SMILES string of the molecule is CS(=O)(=O)CCC1(CCl)CCC1. The number of rotatable bonds is 4. The van der Waals surface area contributed by atoms with Crippen LogP contribution in [0.15, 0.2) is 0 Å². The van der Waals surface area contributed by atoms with Crippen LogP contribution in [0.5, 0.6) is 0 Å². The van der Waals surface area contributed by atoms with Gasteiger partial charge in [0.2, 0.25) is 0 Å². The molecule has 0 aliphatic heterocycles. The number of halogens is 1. The van der Waals surface area contributed by atoms with E-state index in [4.69, 9.17) is 11.6 Å². The molecule has 1 fully saturated rings. The summed E-state index contributed by atoms with van der Waals surface area (Å²) in [4.78, 5) is 0. The fourth-order valence-corrected chi connectivity index (χ4v) is 2.73. The van der Waals surface area contributed by atoms with Gasteiger partial charge in [-0.2, -0.15) is 0 Å². The molecule has 1 saturated carbocycles. The van der Waals surface area contributed by atoms with Crippen LogP contribution in [0.4, 0.5) is 0 Å². The summed E-state index contributed by atoms with van der Waals surface area (Å²) >= 11 is 5.79. The maximum absolute atomic E-state index is 10.9. The zero-order chi connectivity index (χ0) is 9.24. The van der Waals surface area contributed by atoms with Crippen LogP contribution in [-0.4, -0.2) is 26.3 Å². The van der Waals surface area contributed by atoms with Crippen LogP contribution in [-0.2, 0) is 9.84 Å². The van der Waals surface area contributed by atoms with Crippen molar-refractivity contribution in [3.05, 3.63) is 0 Å². The quantitative estimate of drug-likeness (QED) is 0.664. The van der Waals surface area contributed by atoms with Gasteiger partial charge < -0.3 is 0 Å². The molecule has 0 saturated heterocycles. The van der Waals surface area contributed by atoms with Crippen LogP contribution >= 0.6 is 11.6 Å². The van der Waals surface area contributed by atoms with Gasteiger partial charge in [-0.3, -0.25) is 0 Å². The summed E-state index contributed by atoms with van der Waals surface area (Å²) in [6, 6.07) is 0. The van der Waals surface area contributed by atoms with Crippen molar-refractivity contribution in [2.75, 3.05) is 17.9 Å². The van der Waals surface area contributed by atoms with Gasteiger partial charge in [0.05, 0.1) is 5.75 Å². The second kappa shape index (κ2) is 3.54. The molecule has 0 aromatic carbocycles. The molecule has 1 aliphatic rings. The maximum atomic E-state index is 10.9. The van der Waals surface area contributed by atoms with Crippen LogP contribution in [0.2, 0.25) is 0 Å². The summed E-state index contributed by atoms with van der Waals surface area (Å²) in [7, 11) is -2.80. The summed E-state index contributed by atoms with van der Waals surface area (Å²) in [5, 5.41) is 0. The van der Waals surface area contributed by atoms with E-state index in [1.807, 2.05) is 0 Å². The van der Waals surface area contributed by atoms with Crippen molar-refractivity contribution in [2.45, 2.75) is 25.7 Å². The Kier molecular flexibility index (Phi) is 3.05. The average Bonchev–Trinajstić information content (AvgIpc) is 1.84. The van der Waals surface area contributed by atoms with Crippen LogP contribution in [0.3, 0.4) is 0 Å². The number of hydrogen-bond donors (Lipinski definition) is 0. The molecular formula is C8H15ClO2S. The minimum atomic E-state index is -2.80. The first kappa shape index (κ1) is 10.3. The van der Waals surface area contributed by atoms with Gasteiger partial charge in [-0.1, -0.05) is 6.42 Å². The molecule has 1 rings (SSSR count). The van der Waals surface area contributed by atoms with Crippen molar-refractivity contribution in [3.63, 3.8) is 0 Å². The molecule has 0 aromatic rings. The zero-order valence-corrected chi connectivity index (χ0v) is 8.92. The Morgan fingerprint density at radius 2 is 2.00 bits per heavy atom. The molecule has 1 aliphatic carbocycles. The highest BCUT2D eigenvalue weighted by molar-refractivity contribution is 7.90. The van der Waals surface area contributed by atoms with E-state index in [0.717, 1.165) is 19.3 Å². The van der Waals surface area contributed by atoms with Gasteiger partial charge in [0.15, 0.2) is 0 Å². The first-order valence-corrected chi connectivity index (χ1v) is 6.81. The molecule has 0 N–H and O–H groups in total. The lowest BCUT2D eigenvalue weighted by atomic mass is 9.68. The Morgan fingerprint density at radius 3 is 2.25 bits per heavy atom.